The molecule has 0 spiro atoms. The molecule has 0 radical (unpaired) electrons. The molecule has 0 bridgehead atoms. The highest BCUT2D eigenvalue weighted by molar-refractivity contribution is 9.10. The molecule has 0 unspecified atom stereocenters. The van der Waals surface area contributed by atoms with Gasteiger partial charge < -0.3 is 9.47 Å². The summed E-state index contributed by atoms with van der Waals surface area (Å²) >= 11 is 3.38. The van der Waals surface area contributed by atoms with Crippen LogP contribution in [-0.4, -0.2) is 29.0 Å². The number of nitrogens with zero attached hydrogens (tertiary/aromatic N) is 2. The molecule has 1 aromatic heterocycles. The fraction of sp³-hybridized carbons (Fsp3) is 0.417. The van der Waals surface area contributed by atoms with Crippen LogP contribution in [0.15, 0.2) is 16.7 Å². The molecule has 0 saturated heterocycles. The first-order chi connectivity index (χ1) is 7.60. The second-order valence-corrected chi connectivity index (χ2v) is 4.52. The molecule has 4 heteroatoms. The van der Waals surface area contributed by atoms with Crippen molar-refractivity contribution in [2.45, 2.75) is 19.9 Å². The highest BCUT2D eigenvalue weighted by atomic mass is 79.9. The summed E-state index contributed by atoms with van der Waals surface area (Å²) in [6, 6.07) is 1.82. The van der Waals surface area contributed by atoms with Crippen LogP contribution in [0.4, 0.5) is 0 Å². The molecule has 0 N–H and O–H groups in total. The number of rotatable bonds is 4. The Kier molecular flexibility index (Phi) is 4.63. The van der Waals surface area contributed by atoms with Crippen molar-refractivity contribution >= 4 is 21.8 Å². The van der Waals surface area contributed by atoms with Gasteiger partial charge in [-0.15, -0.1) is 6.42 Å². The fourth-order valence-corrected chi connectivity index (χ4v) is 1.95. The maximum atomic E-state index is 12.0. The van der Waals surface area contributed by atoms with Crippen molar-refractivity contribution in [3.63, 3.8) is 0 Å². The molecule has 0 aliphatic heterocycles. The third-order valence-electron chi connectivity index (χ3n) is 2.22. The van der Waals surface area contributed by atoms with Crippen LogP contribution in [0, 0.1) is 12.3 Å². The minimum Gasteiger partial charge on any atom is -0.342 e. The number of hydrogen-bond donors (Lipinski definition) is 0. The molecule has 1 rings (SSSR count). The summed E-state index contributed by atoms with van der Waals surface area (Å²) in [5.41, 5.74) is 0.673. The lowest BCUT2D eigenvalue weighted by Crippen LogP contribution is -2.28. The van der Waals surface area contributed by atoms with Gasteiger partial charge in [-0.3, -0.25) is 4.79 Å². The Morgan fingerprint density at radius 3 is 2.94 bits per heavy atom. The van der Waals surface area contributed by atoms with E-state index in [1.165, 1.54) is 4.90 Å². The van der Waals surface area contributed by atoms with Gasteiger partial charge in [-0.1, -0.05) is 12.8 Å². The molecule has 0 fully saturated rings. The first-order valence-electron chi connectivity index (χ1n) is 5.14. The lowest BCUT2D eigenvalue weighted by Gasteiger charge is -2.15. The minimum atomic E-state index is -0.0444. The number of aromatic nitrogens is 1. The highest BCUT2D eigenvalue weighted by Crippen LogP contribution is 2.16. The Hall–Kier alpha value is -1.21. The van der Waals surface area contributed by atoms with Crippen LogP contribution in [0.2, 0.25) is 0 Å². The van der Waals surface area contributed by atoms with Crippen molar-refractivity contribution in [3.05, 3.63) is 22.4 Å². The second-order valence-electron chi connectivity index (χ2n) is 3.60. The van der Waals surface area contributed by atoms with E-state index in [9.17, 15) is 4.79 Å². The first kappa shape index (κ1) is 12.9. The van der Waals surface area contributed by atoms with Crippen LogP contribution >= 0.6 is 15.9 Å². The van der Waals surface area contributed by atoms with Crippen LogP contribution in [-0.2, 0) is 6.54 Å². The first-order valence-corrected chi connectivity index (χ1v) is 5.94. The average molecular weight is 283 g/mol. The Bertz CT molecular complexity index is 417. The number of aryl methyl sites for hydroxylation is 1. The highest BCUT2D eigenvalue weighted by Gasteiger charge is 2.15. The minimum absolute atomic E-state index is 0.0444. The molecule has 3 nitrogen and oxygen atoms in total. The maximum Gasteiger partial charge on any atom is 0.271 e. The number of hydrogen-bond acceptors (Lipinski definition) is 1. The third kappa shape index (κ3) is 2.89. The smallest absolute Gasteiger partial charge is 0.271 e. The summed E-state index contributed by atoms with van der Waals surface area (Å²) in [7, 11) is 1.71. The monoisotopic (exact) mass is 282 g/mol. The van der Waals surface area contributed by atoms with Gasteiger partial charge in [-0.05, 0) is 28.4 Å². The molecule has 1 aromatic rings. The molecular formula is C12H15BrN2O. The molecule has 16 heavy (non-hydrogen) atoms. The van der Waals surface area contributed by atoms with Gasteiger partial charge in [0.1, 0.15) is 5.69 Å². The summed E-state index contributed by atoms with van der Waals surface area (Å²) in [6.45, 7) is 3.23. The molecule has 1 amide bonds. The van der Waals surface area contributed by atoms with Crippen molar-refractivity contribution in [2.24, 2.45) is 0 Å². The Morgan fingerprint density at radius 1 is 1.69 bits per heavy atom. The fourth-order valence-electron chi connectivity index (χ4n) is 1.48. The summed E-state index contributed by atoms with van der Waals surface area (Å²) in [5, 5.41) is 0. The van der Waals surface area contributed by atoms with Crippen LogP contribution in [0.25, 0.3) is 0 Å². The third-order valence-corrected chi connectivity index (χ3v) is 2.66. The van der Waals surface area contributed by atoms with Gasteiger partial charge in [-0.25, -0.2) is 0 Å². The normalized spacial score (nSPS) is 9.88. The van der Waals surface area contributed by atoms with E-state index in [0.29, 0.717) is 12.2 Å². The second kappa shape index (κ2) is 5.76. The van der Waals surface area contributed by atoms with Gasteiger partial charge in [0.25, 0.3) is 5.91 Å². The number of halogens is 1. The summed E-state index contributed by atoms with van der Waals surface area (Å²) < 4.78 is 2.86. The standard InChI is InChI=1S/C12H15BrN2O/c1-4-6-14(3)12(16)11-8-10(13)9-15(11)7-5-2/h1,8-9H,5-7H2,2-3H3. The SMILES string of the molecule is C#CCN(C)C(=O)c1cc(Br)cn1CCC. The Labute approximate surface area is 105 Å². The topological polar surface area (TPSA) is 25.2 Å². The zero-order valence-electron chi connectivity index (χ0n) is 9.53. The van der Waals surface area contributed by atoms with E-state index in [2.05, 4.69) is 28.8 Å². The van der Waals surface area contributed by atoms with E-state index in [0.717, 1.165) is 17.4 Å². The van der Waals surface area contributed by atoms with Gasteiger partial charge in [0.15, 0.2) is 0 Å². The van der Waals surface area contributed by atoms with Gasteiger partial charge in [0.2, 0.25) is 0 Å². The molecule has 0 saturated carbocycles. The number of carbonyl (C=O) groups excluding carboxylic acids is 1. The average Bonchev–Trinajstić information content (AvgIpc) is 2.59. The molecule has 0 aliphatic carbocycles. The van der Waals surface area contributed by atoms with Gasteiger partial charge in [-0.2, -0.15) is 0 Å². The van der Waals surface area contributed by atoms with Gasteiger partial charge in [0.05, 0.1) is 6.54 Å². The predicted molar refractivity (Wildman–Crippen MR) is 68.2 cm³/mol. The van der Waals surface area contributed by atoms with E-state index in [1.807, 2.05) is 16.8 Å². The van der Waals surface area contributed by atoms with Gasteiger partial charge >= 0.3 is 0 Å². The molecule has 0 aliphatic rings. The van der Waals surface area contributed by atoms with Crippen LogP contribution in [0.1, 0.15) is 23.8 Å². The van der Waals surface area contributed by atoms with Crippen molar-refractivity contribution < 1.29 is 4.79 Å². The van der Waals surface area contributed by atoms with Gasteiger partial charge in [0, 0.05) is 24.3 Å². The predicted octanol–water partition coefficient (Wildman–Crippen LogP) is 2.37. The summed E-state index contributed by atoms with van der Waals surface area (Å²) in [5.74, 6) is 2.42. The van der Waals surface area contributed by atoms with Crippen molar-refractivity contribution in [1.29, 1.82) is 0 Å². The van der Waals surface area contributed by atoms with Crippen molar-refractivity contribution in [1.82, 2.24) is 9.47 Å². The van der Waals surface area contributed by atoms with Crippen molar-refractivity contribution in [2.75, 3.05) is 13.6 Å². The van der Waals surface area contributed by atoms with Crippen LogP contribution < -0.4 is 0 Å². The largest absolute Gasteiger partial charge is 0.342 e. The molecule has 86 valence electrons. The summed E-state index contributed by atoms with van der Waals surface area (Å²) in [6.07, 6.45) is 8.09. The molecule has 1 heterocycles. The van der Waals surface area contributed by atoms with E-state index < -0.39 is 0 Å². The van der Waals surface area contributed by atoms with Crippen molar-refractivity contribution in [3.8, 4) is 12.3 Å². The molecule has 0 atom stereocenters. The molecular weight excluding hydrogens is 268 g/mol. The van der Waals surface area contributed by atoms with E-state index in [1.54, 1.807) is 7.05 Å². The van der Waals surface area contributed by atoms with E-state index in [-0.39, 0.29) is 5.91 Å². The number of amides is 1. The Morgan fingerprint density at radius 2 is 2.38 bits per heavy atom. The molecule has 0 aromatic carbocycles. The summed E-state index contributed by atoms with van der Waals surface area (Å²) in [4.78, 5) is 13.6. The number of terminal acetylenes is 1. The quantitative estimate of drug-likeness (QED) is 0.779. The van der Waals surface area contributed by atoms with Crippen LogP contribution in [0.5, 0.6) is 0 Å². The zero-order chi connectivity index (χ0) is 12.1. The van der Waals surface area contributed by atoms with E-state index in [4.69, 9.17) is 6.42 Å². The van der Waals surface area contributed by atoms with Crippen LogP contribution in [0.3, 0.4) is 0 Å². The Balaban J connectivity index is 2.94. The lowest BCUT2D eigenvalue weighted by atomic mass is 10.3. The maximum absolute atomic E-state index is 12.0. The number of carbonyl (C=O) groups is 1. The zero-order valence-corrected chi connectivity index (χ0v) is 11.1. The lowest BCUT2D eigenvalue weighted by molar-refractivity contribution is 0.0802. The van der Waals surface area contributed by atoms with E-state index >= 15 is 0 Å².